The van der Waals surface area contributed by atoms with Crippen LogP contribution >= 0.6 is 0 Å². The highest BCUT2D eigenvalue weighted by Crippen LogP contribution is 2.22. The lowest BCUT2D eigenvalue weighted by Gasteiger charge is -2.06. The van der Waals surface area contributed by atoms with Crippen molar-refractivity contribution in [3.63, 3.8) is 0 Å². The standard InChI is InChI=1S/C29H26N4O4/c1-19-8-12-23(13-9-19)33-31-26(27(32-33)29(34)35)18-21-10-14-24(15-11-21)36-17-16-25-20(2)37-28(30-25)22-6-4-3-5-7-22/h3-15H,16-18H2,1-2H3,(H,34,35). The molecule has 0 unspecified atom stereocenters. The molecule has 0 saturated carbocycles. The summed E-state index contributed by atoms with van der Waals surface area (Å²) in [5, 5.41) is 18.3. The molecule has 2 heterocycles. The largest absolute Gasteiger partial charge is 0.493 e. The molecule has 0 aliphatic rings. The van der Waals surface area contributed by atoms with Crippen LogP contribution in [-0.4, -0.2) is 37.7 Å². The Morgan fingerprint density at radius 1 is 0.919 bits per heavy atom. The fraction of sp³-hybridized carbons (Fsp3) is 0.172. The van der Waals surface area contributed by atoms with Crippen molar-refractivity contribution in [1.29, 1.82) is 0 Å². The molecule has 1 N–H and O–H groups in total. The molecule has 3 aromatic carbocycles. The normalized spacial score (nSPS) is 11.0. The topological polar surface area (TPSA) is 103 Å². The van der Waals surface area contributed by atoms with E-state index in [2.05, 4.69) is 15.2 Å². The molecule has 0 aliphatic heterocycles. The molecule has 8 nitrogen and oxygen atoms in total. The van der Waals surface area contributed by atoms with Gasteiger partial charge in [0.05, 0.1) is 18.0 Å². The number of rotatable bonds is 9. The summed E-state index contributed by atoms with van der Waals surface area (Å²) in [7, 11) is 0. The maximum Gasteiger partial charge on any atom is 0.358 e. The van der Waals surface area contributed by atoms with Gasteiger partial charge in [-0.05, 0) is 55.8 Å². The molecule has 0 bridgehead atoms. The second kappa shape index (κ2) is 10.5. The van der Waals surface area contributed by atoms with Crippen molar-refractivity contribution in [3.05, 3.63) is 113 Å². The van der Waals surface area contributed by atoms with E-state index in [1.54, 1.807) is 0 Å². The summed E-state index contributed by atoms with van der Waals surface area (Å²) in [5.74, 6) is 1.00. The molecular formula is C29H26N4O4. The van der Waals surface area contributed by atoms with Crippen LogP contribution in [0.3, 0.4) is 0 Å². The Balaban J connectivity index is 1.21. The first kappa shape index (κ1) is 24.0. The van der Waals surface area contributed by atoms with Gasteiger partial charge in [0.1, 0.15) is 17.2 Å². The first-order chi connectivity index (χ1) is 18.0. The predicted octanol–water partition coefficient (Wildman–Crippen LogP) is 5.45. The van der Waals surface area contributed by atoms with E-state index in [1.807, 2.05) is 92.7 Å². The maximum absolute atomic E-state index is 11.8. The number of carboxylic acids is 1. The Morgan fingerprint density at radius 2 is 1.65 bits per heavy atom. The molecule has 0 atom stereocenters. The van der Waals surface area contributed by atoms with Gasteiger partial charge < -0.3 is 14.3 Å². The van der Waals surface area contributed by atoms with Crippen LogP contribution in [0.25, 0.3) is 17.1 Å². The Bertz CT molecular complexity index is 1500. The minimum Gasteiger partial charge on any atom is -0.493 e. The number of carbonyl (C=O) groups is 1. The monoisotopic (exact) mass is 494 g/mol. The summed E-state index contributed by atoms with van der Waals surface area (Å²) in [6.07, 6.45) is 0.960. The maximum atomic E-state index is 11.8. The lowest BCUT2D eigenvalue weighted by molar-refractivity contribution is 0.0689. The zero-order chi connectivity index (χ0) is 25.8. The Kier molecular flexibility index (Phi) is 6.81. The molecule has 0 aliphatic carbocycles. The number of carboxylic acid groups (broad SMARTS) is 1. The number of benzene rings is 3. The lowest BCUT2D eigenvalue weighted by Crippen LogP contribution is -2.04. The quantitative estimate of drug-likeness (QED) is 0.291. The van der Waals surface area contributed by atoms with E-state index in [9.17, 15) is 9.90 Å². The van der Waals surface area contributed by atoms with E-state index in [0.29, 0.717) is 36.7 Å². The molecule has 8 heteroatoms. The van der Waals surface area contributed by atoms with Crippen molar-refractivity contribution in [2.45, 2.75) is 26.7 Å². The van der Waals surface area contributed by atoms with E-state index in [-0.39, 0.29) is 5.69 Å². The molecule has 0 radical (unpaired) electrons. The van der Waals surface area contributed by atoms with E-state index in [4.69, 9.17) is 9.15 Å². The molecule has 37 heavy (non-hydrogen) atoms. The molecule has 5 rings (SSSR count). The third-order valence-corrected chi connectivity index (χ3v) is 5.97. The van der Waals surface area contributed by atoms with Crippen LogP contribution in [-0.2, 0) is 12.8 Å². The van der Waals surface area contributed by atoms with Gasteiger partial charge in [0.15, 0.2) is 5.69 Å². The number of hydrogen-bond donors (Lipinski definition) is 1. The van der Waals surface area contributed by atoms with E-state index >= 15 is 0 Å². The number of aromatic nitrogens is 4. The minimum absolute atomic E-state index is 0.0567. The lowest BCUT2D eigenvalue weighted by atomic mass is 10.1. The van der Waals surface area contributed by atoms with Gasteiger partial charge in [-0.15, -0.1) is 5.10 Å². The van der Waals surface area contributed by atoms with Gasteiger partial charge in [-0.25, -0.2) is 9.78 Å². The van der Waals surface area contributed by atoms with E-state index < -0.39 is 5.97 Å². The van der Waals surface area contributed by atoms with Gasteiger partial charge in [0.25, 0.3) is 0 Å². The highest BCUT2D eigenvalue weighted by molar-refractivity contribution is 5.86. The number of aryl methyl sites for hydroxylation is 2. The zero-order valence-electron chi connectivity index (χ0n) is 20.6. The molecule has 5 aromatic rings. The fourth-order valence-corrected chi connectivity index (χ4v) is 3.94. The Hall–Kier alpha value is -4.72. The van der Waals surface area contributed by atoms with Gasteiger partial charge in [0.2, 0.25) is 5.89 Å². The summed E-state index contributed by atoms with van der Waals surface area (Å²) in [6.45, 7) is 4.35. The first-order valence-electron chi connectivity index (χ1n) is 12.0. The van der Waals surface area contributed by atoms with Gasteiger partial charge >= 0.3 is 5.97 Å². The summed E-state index contributed by atoms with van der Waals surface area (Å²) in [4.78, 5) is 17.7. The molecule has 0 saturated heterocycles. The van der Waals surface area contributed by atoms with Crippen LogP contribution in [0.1, 0.15) is 38.8 Å². The van der Waals surface area contributed by atoms with E-state index in [0.717, 1.165) is 33.9 Å². The van der Waals surface area contributed by atoms with Crippen molar-refractivity contribution in [1.82, 2.24) is 20.0 Å². The van der Waals surface area contributed by atoms with Crippen molar-refractivity contribution in [2.75, 3.05) is 6.61 Å². The number of aromatic carboxylic acids is 1. The molecule has 2 aromatic heterocycles. The molecule has 0 fully saturated rings. The minimum atomic E-state index is -1.10. The SMILES string of the molecule is Cc1ccc(-n2nc(Cc3ccc(OCCc4nc(-c5ccccc5)oc4C)cc3)c(C(=O)O)n2)cc1. The molecule has 0 amide bonds. The highest BCUT2D eigenvalue weighted by atomic mass is 16.5. The van der Waals surface area contributed by atoms with Crippen molar-refractivity contribution in [3.8, 4) is 22.9 Å². The van der Waals surface area contributed by atoms with Crippen LogP contribution in [0.2, 0.25) is 0 Å². The summed E-state index contributed by atoms with van der Waals surface area (Å²) < 4.78 is 11.7. The molecule has 0 spiro atoms. The van der Waals surface area contributed by atoms with Crippen molar-refractivity contribution < 1.29 is 19.1 Å². The average molecular weight is 495 g/mol. The average Bonchev–Trinajstić information content (AvgIpc) is 3.50. The number of oxazole rings is 1. The smallest absolute Gasteiger partial charge is 0.358 e. The summed E-state index contributed by atoms with van der Waals surface area (Å²) >= 11 is 0. The number of hydrogen-bond acceptors (Lipinski definition) is 6. The van der Waals surface area contributed by atoms with Gasteiger partial charge in [-0.3, -0.25) is 0 Å². The third-order valence-electron chi connectivity index (χ3n) is 5.97. The second-order valence-corrected chi connectivity index (χ2v) is 8.73. The van der Waals surface area contributed by atoms with Gasteiger partial charge in [-0.1, -0.05) is 48.0 Å². The predicted molar refractivity (Wildman–Crippen MR) is 138 cm³/mol. The first-order valence-corrected chi connectivity index (χ1v) is 12.0. The van der Waals surface area contributed by atoms with E-state index in [1.165, 1.54) is 4.80 Å². The second-order valence-electron chi connectivity index (χ2n) is 8.73. The Morgan fingerprint density at radius 3 is 2.35 bits per heavy atom. The van der Waals surface area contributed by atoms with Crippen molar-refractivity contribution >= 4 is 5.97 Å². The Labute approximate surface area is 214 Å². The van der Waals surface area contributed by atoms with Crippen LogP contribution in [0.15, 0.2) is 83.3 Å². The van der Waals surface area contributed by atoms with Crippen LogP contribution < -0.4 is 4.74 Å². The summed E-state index contributed by atoms with van der Waals surface area (Å²) in [5.41, 5.74) is 4.87. The highest BCUT2D eigenvalue weighted by Gasteiger charge is 2.19. The zero-order valence-corrected chi connectivity index (χ0v) is 20.6. The van der Waals surface area contributed by atoms with Crippen LogP contribution in [0.5, 0.6) is 5.75 Å². The van der Waals surface area contributed by atoms with Crippen molar-refractivity contribution in [2.24, 2.45) is 0 Å². The summed E-state index contributed by atoms with van der Waals surface area (Å²) in [6, 6.07) is 24.9. The number of ether oxygens (including phenoxy) is 1. The van der Waals surface area contributed by atoms with Crippen LogP contribution in [0.4, 0.5) is 0 Å². The van der Waals surface area contributed by atoms with Gasteiger partial charge in [0, 0.05) is 18.4 Å². The van der Waals surface area contributed by atoms with Gasteiger partial charge in [-0.2, -0.15) is 9.90 Å². The molecular weight excluding hydrogens is 468 g/mol. The van der Waals surface area contributed by atoms with Crippen LogP contribution in [0, 0.1) is 13.8 Å². The fourth-order valence-electron chi connectivity index (χ4n) is 3.94. The number of nitrogens with zero attached hydrogens (tertiary/aromatic N) is 4. The molecule has 186 valence electrons. The third kappa shape index (κ3) is 5.59.